The summed E-state index contributed by atoms with van der Waals surface area (Å²) in [5.41, 5.74) is 3.67. The van der Waals surface area contributed by atoms with Gasteiger partial charge in [0, 0.05) is 43.2 Å². The molecular formula is C20H28N4O2. The SMILES string of the molecule is C=C(CN=CC(=N)c1cc(C2CC2)ccc1NC)C(=O)NC(C)COC. The molecule has 6 heteroatoms. The monoisotopic (exact) mass is 356 g/mol. The Bertz CT molecular complexity index is 708. The number of methoxy groups -OCH3 is 1. The number of carbonyl (C=O) groups excluding carboxylic acids is 1. The normalized spacial score (nSPS) is 14.9. The largest absolute Gasteiger partial charge is 0.388 e. The van der Waals surface area contributed by atoms with E-state index in [1.165, 1.54) is 24.6 Å². The van der Waals surface area contributed by atoms with Gasteiger partial charge in [-0.05, 0) is 43.4 Å². The molecule has 0 aliphatic heterocycles. The lowest BCUT2D eigenvalue weighted by Gasteiger charge is -2.13. The molecule has 1 atom stereocenters. The molecule has 0 bridgehead atoms. The smallest absolute Gasteiger partial charge is 0.248 e. The number of nitrogens with zero attached hydrogens (tertiary/aromatic N) is 1. The van der Waals surface area contributed by atoms with Gasteiger partial charge in [-0.3, -0.25) is 15.2 Å². The predicted octanol–water partition coefficient (Wildman–Crippen LogP) is 2.75. The second-order valence-corrected chi connectivity index (χ2v) is 6.65. The summed E-state index contributed by atoms with van der Waals surface area (Å²) in [6, 6.07) is 6.10. The van der Waals surface area contributed by atoms with Gasteiger partial charge in [0.15, 0.2) is 0 Å². The average Bonchev–Trinajstić information content (AvgIpc) is 3.46. The van der Waals surface area contributed by atoms with Crippen molar-refractivity contribution in [3.8, 4) is 0 Å². The maximum Gasteiger partial charge on any atom is 0.248 e. The minimum absolute atomic E-state index is 0.0881. The number of ether oxygens (including phenoxy) is 1. The third kappa shape index (κ3) is 5.52. The van der Waals surface area contributed by atoms with E-state index in [1.54, 1.807) is 7.11 Å². The first-order chi connectivity index (χ1) is 12.5. The zero-order chi connectivity index (χ0) is 19.1. The highest BCUT2D eigenvalue weighted by atomic mass is 16.5. The molecule has 0 heterocycles. The Labute approximate surface area is 155 Å². The van der Waals surface area contributed by atoms with Gasteiger partial charge in [0.25, 0.3) is 0 Å². The summed E-state index contributed by atoms with van der Waals surface area (Å²) in [5.74, 6) is 0.381. The molecule has 26 heavy (non-hydrogen) atoms. The molecule has 2 rings (SSSR count). The van der Waals surface area contributed by atoms with Gasteiger partial charge in [-0.25, -0.2) is 0 Å². The van der Waals surface area contributed by atoms with Crippen LogP contribution in [-0.2, 0) is 9.53 Å². The molecule has 1 aliphatic carbocycles. The Morgan fingerprint density at radius 1 is 1.50 bits per heavy atom. The van der Waals surface area contributed by atoms with Gasteiger partial charge in [-0.2, -0.15) is 0 Å². The van der Waals surface area contributed by atoms with Crippen LogP contribution >= 0.6 is 0 Å². The summed E-state index contributed by atoms with van der Waals surface area (Å²) in [6.45, 7) is 6.23. The van der Waals surface area contributed by atoms with Crippen LogP contribution in [0.15, 0.2) is 35.3 Å². The Hall–Kier alpha value is -2.47. The number of aliphatic imine (C=N–C) groups is 1. The minimum Gasteiger partial charge on any atom is -0.388 e. The fourth-order valence-electron chi connectivity index (χ4n) is 2.68. The summed E-state index contributed by atoms with van der Waals surface area (Å²) < 4.78 is 4.99. The fraction of sp³-hybridized carbons (Fsp3) is 0.450. The molecule has 1 fully saturated rings. The van der Waals surface area contributed by atoms with Crippen molar-refractivity contribution in [2.45, 2.75) is 31.7 Å². The molecule has 0 aromatic heterocycles. The van der Waals surface area contributed by atoms with Crippen LogP contribution in [-0.4, -0.2) is 51.2 Å². The maximum atomic E-state index is 12.0. The van der Waals surface area contributed by atoms with Crippen LogP contribution in [0.25, 0.3) is 0 Å². The van der Waals surface area contributed by atoms with Crippen LogP contribution in [0.2, 0.25) is 0 Å². The van der Waals surface area contributed by atoms with Gasteiger partial charge in [-0.1, -0.05) is 12.6 Å². The third-order valence-corrected chi connectivity index (χ3v) is 4.27. The second kappa shape index (κ2) is 9.29. The van der Waals surface area contributed by atoms with Crippen molar-refractivity contribution in [2.24, 2.45) is 4.99 Å². The predicted molar refractivity (Wildman–Crippen MR) is 107 cm³/mol. The first-order valence-electron chi connectivity index (χ1n) is 8.84. The van der Waals surface area contributed by atoms with Crippen LogP contribution < -0.4 is 10.6 Å². The van der Waals surface area contributed by atoms with Crippen molar-refractivity contribution in [1.82, 2.24) is 5.32 Å². The molecule has 1 aromatic rings. The first kappa shape index (κ1) is 19.8. The highest BCUT2D eigenvalue weighted by Crippen LogP contribution is 2.41. The van der Waals surface area contributed by atoms with E-state index in [0.717, 1.165) is 11.3 Å². The van der Waals surface area contributed by atoms with Crippen molar-refractivity contribution in [3.63, 3.8) is 0 Å². The molecule has 3 N–H and O–H groups in total. The van der Waals surface area contributed by atoms with Gasteiger partial charge >= 0.3 is 0 Å². The summed E-state index contributed by atoms with van der Waals surface area (Å²) in [4.78, 5) is 16.2. The number of amides is 1. The van der Waals surface area contributed by atoms with Crippen molar-refractivity contribution in [1.29, 1.82) is 5.41 Å². The molecule has 1 aliphatic rings. The van der Waals surface area contributed by atoms with Gasteiger partial charge < -0.3 is 15.4 Å². The molecule has 0 spiro atoms. The van der Waals surface area contributed by atoms with Crippen LogP contribution in [0.4, 0.5) is 5.69 Å². The van der Waals surface area contributed by atoms with E-state index < -0.39 is 0 Å². The standard InChI is InChI=1S/C20H28N4O2/c1-13(20(25)24-14(2)12-26-4)10-23-11-18(21)17-9-16(15-5-6-15)7-8-19(17)22-3/h7-9,11,14-15,21-22H,1,5-6,10,12H2,2-4H3,(H,24,25). The summed E-state index contributed by atoms with van der Waals surface area (Å²) >= 11 is 0. The van der Waals surface area contributed by atoms with Crippen molar-refractivity contribution < 1.29 is 9.53 Å². The van der Waals surface area contributed by atoms with Crippen LogP contribution in [0.1, 0.15) is 36.8 Å². The van der Waals surface area contributed by atoms with Crippen LogP contribution in [0.5, 0.6) is 0 Å². The quantitative estimate of drug-likeness (QED) is 0.445. The maximum absolute atomic E-state index is 12.0. The second-order valence-electron chi connectivity index (χ2n) is 6.65. The van der Waals surface area contributed by atoms with E-state index in [-0.39, 0.29) is 18.5 Å². The summed E-state index contributed by atoms with van der Waals surface area (Å²) in [7, 11) is 3.43. The lowest BCUT2D eigenvalue weighted by Crippen LogP contribution is -2.36. The van der Waals surface area contributed by atoms with Gasteiger partial charge in [0.2, 0.25) is 5.91 Å². The van der Waals surface area contributed by atoms with Crippen LogP contribution in [0, 0.1) is 5.41 Å². The molecular weight excluding hydrogens is 328 g/mol. The molecule has 1 aromatic carbocycles. The van der Waals surface area contributed by atoms with E-state index >= 15 is 0 Å². The van der Waals surface area contributed by atoms with Crippen molar-refractivity contribution in [2.75, 3.05) is 32.6 Å². The molecule has 1 saturated carbocycles. The molecule has 140 valence electrons. The number of rotatable bonds is 10. The molecule has 0 radical (unpaired) electrons. The van der Waals surface area contributed by atoms with E-state index in [2.05, 4.69) is 34.3 Å². The Morgan fingerprint density at radius 3 is 2.85 bits per heavy atom. The average molecular weight is 356 g/mol. The van der Waals surface area contributed by atoms with E-state index in [4.69, 9.17) is 10.1 Å². The Balaban J connectivity index is 1.95. The fourth-order valence-corrected chi connectivity index (χ4v) is 2.68. The highest BCUT2D eigenvalue weighted by molar-refractivity contribution is 6.38. The molecule has 1 amide bonds. The number of hydrogen-bond donors (Lipinski definition) is 3. The molecule has 6 nitrogen and oxygen atoms in total. The number of benzene rings is 1. The lowest BCUT2D eigenvalue weighted by molar-refractivity contribution is -0.118. The number of carbonyl (C=O) groups is 1. The molecule has 1 unspecified atom stereocenters. The lowest BCUT2D eigenvalue weighted by atomic mass is 10.0. The van der Waals surface area contributed by atoms with Gasteiger partial charge in [-0.15, -0.1) is 0 Å². The zero-order valence-electron chi connectivity index (χ0n) is 15.8. The highest BCUT2D eigenvalue weighted by Gasteiger charge is 2.24. The summed E-state index contributed by atoms with van der Waals surface area (Å²) in [5, 5.41) is 14.2. The van der Waals surface area contributed by atoms with Crippen molar-refractivity contribution in [3.05, 3.63) is 41.5 Å². The summed E-state index contributed by atoms with van der Waals surface area (Å²) in [6.07, 6.45) is 3.93. The van der Waals surface area contributed by atoms with Gasteiger partial charge in [0.05, 0.1) is 18.9 Å². The number of hydrogen-bond acceptors (Lipinski definition) is 5. The van der Waals surface area contributed by atoms with E-state index in [0.29, 0.717) is 23.8 Å². The minimum atomic E-state index is -0.245. The Kier molecular flexibility index (Phi) is 7.09. The van der Waals surface area contributed by atoms with Crippen molar-refractivity contribution >= 4 is 23.5 Å². The van der Waals surface area contributed by atoms with Crippen LogP contribution in [0.3, 0.4) is 0 Å². The first-order valence-corrected chi connectivity index (χ1v) is 8.84. The number of anilines is 1. The zero-order valence-corrected chi connectivity index (χ0v) is 15.8. The van der Waals surface area contributed by atoms with Gasteiger partial charge in [0.1, 0.15) is 0 Å². The van der Waals surface area contributed by atoms with E-state index in [9.17, 15) is 4.79 Å². The third-order valence-electron chi connectivity index (χ3n) is 4.27. The van der Waals surface area contributed by atoms with E-state index in [1.807, 2.05) is 20.0 Å². The Morgan fingerprint density at radius 2 is 2.23 bits per heavy atom. The number of nitrogens with one attached hydrogen (secondary N) is 3. The molecule has 0 saturated heterocycles. The topological polar surface area (TPSA) is 86.6 Å².